The van der Waals surface area contributed by atoms with Gasteiger partial charge in [-0.15, -0.1) is 11.3 Å². The number of methoxy groups -OCH3 is 2. The lowest BCUT2D eigenvalue weighted by Gasteiger charge is -2.40. The maximum atomic E-state index is 13.1. The first kappa shape index (κ1) is 22.6. The van der Waals surface area contributed by atoms with Crippen molar-refractivity contribution in [2.45, 2.75) is 31.3 Å². The third-order valence-electron chi connectivity index (χ3n) is 6.88. The molecule has 1 amide bonds. The average Bonchev–Trinajstić information content (AvgIpc) is 3.26. The van der Waals surface area contributed by atoms with Gasteiger partial charge < -0.3 is 19.7 Å². The number of fused-ring (bicyclic) bond motifs is 1. The SMILES string of the molecule is COC(=O)c1c(C2CCc3ccccc3C2)csc1NC(=O)c1cccc(N2CC(OC)C2)c1. The Hall–Kier alpha value is -3.16. The Morgan fingerprint density at radius 3 is 2.62 bits per heavy atom. The van der Waals surface area contributed by atoms with Crippen molar-refractivity contribution in [2.24, 2.45) is 0 Å². The van der Waals surface area contributed by atoms with E-state index in [0.29, 0.717) is 16.1 Å². The first-order chi connectivity index (χ1) is 16.6. The Morgan fingerprint density at radius 2 is 1.85 bits per heavy atom. The molecule has 0 bridgehead atoms. The fraction of sp³-hybridized carbons (Fsp3) is 0.333. The van der Waals surface area contributed by atoms with Gasteiger partial charge in [0.25, 0.3) is 5.91 Å². The number of esters is 1. The number of carbonyl (C=O) groups excluding carboxylic acids is 2. The van der Waals surface area contributed by atoms with Crippen molar-refractivity contribution in [3.63, 3.8) is 0 Å². The largest absolute Gasteiger partial charge is 0.465 e. The molecule has 1 aliphatic carbocycles. The smallest absolute Gasteiger partial charge is 0.341 e. The second-order valence-electron chi connectivity index (χ2n) is 8.86. The minimum absolute atomic E-state index is 0.217. The van der Waals surface area contributed by atoms with Crippen LogP contribution < -0.4 is 10.2 Å². The second-order valence-corrected chi connectivity index (χ2v) is 9.74. The molecule has 0 radical (unpaired) electrons. The van der Waals surface area contributed by atoms with Crippen LogP contribution in [0.3, 0.4) is 0 Å². The molecular weight excluding hydrogens is 448 g/mol. The lowest BCUT2D eigenvalue weighted by atomic mass is 9.80. The van der Waals surface area contributed by atoms with E-state index in [2.05, 4.69) is 34.5 Å². The molecule has 1 N–H and O–H groups in total. The summed E-state index contributed by atoms with van der Waals surface area (Å²) in [6.45, 7) is 1.62. The van der Waals surface area contributed by atoms with E-state index in [0.717, 1.165) is 43.6 Å². The number of nitrogens with one attached hydrogen (secondary N) is 1. The fourth-order valence-corrected chi connectivity index (χ4v) is 5.88. The van der Waals surface area contributed by atoms with E-state index in [9.17, 15) is 9.59 Å². The molecule has 1 atom stereocenters. The van der Waals surface area contributed by atoms with Crippen molar-refractivity contribution in [1.82, 2.24) is 0 Å². The highest BCUT2D eigenvalue weighted by Crippen LogP contribution is 2.40. The number of ether oxygens (including phenoxy) is 2. The number of anilines is 2. The number of thiophene rings is 1. The Balaban J connectivity index is 1.37. The van der Waals surface area contributed by atoms with Gasteiger partial charge in [-0.2, -0.15) is 0 Å². The molecule has 3 aromatic rings. The Morgan fingerprint density at radius 1 is 1.06 bits per heavy atom. The third-order valence-corrected chi connectivity index (χ3v) is 7.79. The molecule has 0 saturated carbocycles. The van der Waals surface area contributed by atoms with Crippen molar-refractivity contribution in [3.05, 3.63) is 81.7 Å². The number of benzene rings is 2. The molecule has 7 heteroatoms. The first-order valence-corrected chi connectivity index (χ1v) is 12.4. The van der Waals surface area contributed by atoms with Crippen LogP contribution in [0, 0.1) is 0 Å². The lowest BCUT2D eigenvalue weighted by Crippen LogP contribution is -2.51. The number of hydrogen-bond donors (Lipinski definition) is 1. The van der Waals surface area contributed by atoms with Gasteiger partial charge in [0.15, 0.2) is 0 Å². The van der Waals surface area contributed by atoms with E-state index < -0.39 is 5.97 Å². The van der Waals surface area contributed by atoms with Crippen molar-refractivity contribution in [2.75, 3.05) is 37.5 Å². The molecular formula is C27H28N2O4S. The summed E-state index contributed by atoms with van der Waals surface area (Å²) in [4.78, 5) is 28.1. The molecule has 2 aliphatic rings. The first-order valence-electron chi connectivity index (χ1n) is 11.5. The summed E-state index contributed by atoms with van der Waals surface area (Å²) >= 11 is 1.39. The van der Waals surface area contributed by atoms with Crippen LogP contribution in [-0.4, -0.2) is 45.3 Å². The van der Waals surface area contributed by atoms with E-state index in [-0.39, 0.29) is 17.9 Å². The summed E-state index contributed by atoms with van der Waals surface area (Å²) < 4.78 is 10.5. The van der Waals surface area contributed by atoms with E-state index in [1.807, 2.05) is 23.6 Å². The summed E-state index contributed by atoms with van der Waals surface area (Å²) in [6, 6.07) is 16.0. The molecule has 2 aromatic carbocycles. The normalized spacial score (nSPS) is 17.6. The van der Waals surface area contributed by atoms with Gasteiger partial charge in [-0.05, 0) is 65.4 Å². The molecule has 0 spiro atoms. The van der Waals surface area contributed by atoms with Gasteiger partial charge in [-0.25, -0.2) is 4.79 Å². The summed E-state index contributed by atoms with van der Waals surface area (Å²) in [6.07, 6.45) is 3.05. The zero-order chi connectivity index (χ0) is 23.7. The van der Waals surface area contributed by atoms with Crippen molar-refractivity contribution < 1.29 is 19.1 Å². The van der Waals surface area contributed by atoms with Gasteiger partial charge in [0.2, 0.25) is 0 Å². The summed E-state index contributed by atoms with van der Waals surface area (Å²) in [5.74, 6) is -0.432. The molecule has 1 unspecified atom stereocenters. The summed E-state index contributed by atoms with van der Waals surface area (Å²) in [7, 11) is 3.10. The highest BCUT2D eigenvalue weighted by atomic mass is 32.1. The van der Waals surface area contributed by atoms with Crippen LogP contribution in [0.2, 0.25) is 0 Å². The monoisotopic (exact) mass is 476 g/mol. The molecule has 1 fully saturated rings. The lowest BCUT2D eigenvalue weighted by molar-refractivity contribution is 0.0600. The summed E-state index contributed by atoms with van der Waals surface area (Å²) in [5.41, 5.74) is 5.68. The Bertz CT molecular complexity index is 1210. The predicted octanol–water partition coefficient (Wildman–Crippen LogP) is 4.89. The molecule has 176 valence electrons. The molecule has 1 saturated heterocycles. The van der Waals surface area contributed by atoms with Gasteiger partial charge in [0.1, 0.15) is 5.00 Å². The quantitative estimate of drug-likeness (QED) is 0.513. The molecule has 6 nitrogen and oxygen atoms in total. The van der Waals surface area contributed by atoms with Gasteiger partial charge in [0, 0.05) is 31.5 Å². The molecule has 5 rings (SSSR count). The van der Waals surface area contributed by atoms with Crippen molar-refractivity contribution in [1.29, 1.82) is 0 Å². The van der Waals surface area contributed by atoms with Crippen molar-refractivity contribution in [3.8, 4) is 0 Å². The number of aryl methyl sites for hydroxylation is 1. The number of carbonyl (C=O) groups is 2. The van der Waals surface area contributed by atoms with Crippen LogP contribution in [0.15, 0.2) is 53.9 Å². The van der Waals surface area contributed by atoms with Gasteiger partial charge in [0.05, 0.1) is 18.8 Å². The van der Waals surface area contributed by atoms with Crippen LogP contribution in [-0.2, 0) is 22.3 Å². The second kappa shape index (κ2) is 9.60. The third kappa shape index (κ3) is 4.33. The zero-order valence-electron chi connectivity index (χ0n) is 19.4. The number of rotatable bonds is 6. The molecule has 1 aliphatic heterocycles. The number of amides is 1. The number of nitrogens with zero attached hydrogens (tertiary/aromatic N) is 1. The van der Waals surface area contributed by atoms with E-state index >= 15 is 0 Å². The van der Waals surface area contributed by atoms with Crippen LogP contribution in [0.4, 0.5) is 10.7 Å². The standard InChI is InChI=1S/C27H28N2O4S/c1-32-22-14-29(15-22)21-9-5-8-20(13-21)25(30)28-26-24(27(31)33-2)23(16-34-26)19-11-10-17-6-3-4-7-18(17)12-19/h3-9,13,16,19,22H,10-12,14-15H2,1-2H3,(H,28,30). The van der Waals surface area contributed by atoms with Crippen LogP contribution in [0.5, 0.6) is 0 Å². The van der Waals surface area contributed by atoms with E-state index in [1.54, 1.807) is 13.2 Å². The van der Waals surface area contributed by atoms with Gasteiger partial charge in [-0.3, -0.25) is 4.79 Å². The van der Waals surface area contributed by atoms with Crippen LogP contribution in [0.1, 0.15) is 49.7 Å². The predicted molar refractivity (Wildman–Crippen MR) is 134 cm³/mol. The number of hydrogen-bond acceptors (Lipinski definition) is 6. The van der Waals surface area contributed by atoms with Crippen LogP contribution >= 0.6 is 11.3 Å². The van der Waals surface area contributed by atoms with E-state index in [4.69, 9.17) is 9.47 Å². The summed E-state index contributed by atoms with van der Waals surface area (Å²) in [5, 5.41) is 5.52. The van der Waals surface area contributed by atoms with Crippen molar-refractivity contribution >= 4 is 33.9 Å². The van der Waals surface area contributed by atoms with E-state index in [1.165, 1.54) is 29.6 Å². The minimum Gasteiger partial charge on any atom is -0.465 e. The minimum atomic E-state index is -0.412. The van der Waals surface area contributed by atoms with Gasteiger partial charge in [-0.1, -0.05) is 30.3 Å². The average molecular weight is 477 g/mol. The Labute approximate surface area is 203 Å². The highest BCUT2D eigenvalue weighted by Gasteiger charge is 2.30. The van der Waals surface area contributed by atoms with Crippen LogP contribution in [0.25, 0.3) is 0 Å². The molecule has 2 heterocycles. The fourth-order valence-electron chi connectivity index (χ4n) is 4.86. The maximum absolute atomic E-state index is 13.1. The zero-order valence-corrected chi connectivity index (χ0v) is 20.2. The van der Waals surface area contributed by atoms with Gasteiger partial charge >= 0.3 is 5.97 Å². The molecule has 34 heavy (non-hydrogen) atoms. The highest BCUT2D eigenvalue weighted by molar-refractivity contribution is 7.15. The topological polar surface area (TPSA) is 67.9 Å². The Kier molecular flexibility index (Phi) is 6.39. The molecule has 1 aromatic heterocycles. The maximum Gasteiger partial charge on any atom is 0.341 e.